The van der Waals surface area contributed by atoms with Gasteiger partial charge < -0.3 is 9.64 Å². The highest BCUT2D eigenvalue weighted by molar-refractivity contribution is 5.97. The molecule has 0 bridgehead atoms. The van der Waals surface area contributed by atoms with Gasteiger partial charge in [0.15, 0.2) is 0 Å². The fourth-order valence-electron chi connectivity index (χ4n) is 4.48. The van der Waals surface area contributed by atoms with Crippen molar-refractivity contribution in [3.05, 3.63) is 29.8 Å². The van der Waals surface area contributed by atoms with Crippen molar-refractivity contribution in [2.75, 3.05) is 12.0 Å². The number of anilines is 1. The number of para-hydroxylation sites is 1. The Morgan fingerprint density at radius 3 is 2.60 bits per heavy atom. The van der Waals surface area contributed by atoms with Gasteiger partial charge in [0.1, 0.15) is 0 Å². The van der Waals surface area contributed by atoms with Crippen LogP contribution in [0.1, 0.15) is 69.8 Å². The summed E-state index contributed by atoms with van der Waals surface area (Å²) < 4.78 is 4.98. The van der Waals surface area contributed by atoms with Crippen LogP contribution in [0.3, 0.4) is 0 Å². The summed E-state index contributed by atoms with van der Waals surface area (Å²) in [5, 5.41) is 0. The van der Waals surface area contributed by atoms with Crippen molar-refractivity contribution in [3.8, 4) is 0 Å². The maximum Gasteiger partial charge on any atom is 0.313 e. The zero-order valence-electron chi connectivity index (χ0n) is 15.4. The van der Waals surface area contributed by atoms with Gasteiger partial charge in [0.05, 0.1) is 13.0 Å². The van der Waals surface area contributed by atoms with Crippen molar-refractivity contribution in [2.24, 2.45) is 5.92 Å². The monoisotopic (exact) mass is 343 g/mol. The lowest BCUT2D eigenvalue weighted by Crippen LogP contribution is -2.44. The number of benzene rings is 1. The SMILES string of the molecule is COC(=O)C1CC(C)N(C(=O)CCC2CCCCC2)c2ccccc21. The Morgan fingerprint density at radius 2 is 1.88 bits per heavy atom. The van der Waals surface area contributed by atoms with Crippen LogP contribution in [-0.4, -0.2) is 25.0 Å². The molecule has 0 aromatic heterocycles. The second-order valence-electron chi connectivity index (χ2n) is 7.53. The van der Waals surface area contributed by atoms with E-state index in [4.69, 9.17) is 4.74 Å². The van der Waals surface area contributed by atoms with E-state index < -0.39 is 0 Å². The molecule has 4 nitrogen and oxygen atoms in total. The van der Waals surface area contributed by atoms with Gasteiger partial charge >= 0.3 is 5.97 Å². The summed E-state index contributed by atoms with van der Waals surface area (Å²) in [6, 6.07) is 7.78. The molecule has 0 N–H and O–H groups in total. The molecule has 2 atom stereocenters. The van der Waals surface area contributed by atoms with Crippen molar-refractivity contribution in [1.29, 1.82) is 0 Å². The molecule has 2 unspecified atom stereocenters. The Balaban J connectivity index is 1.75. The molecule has 0 radical (unpaired) electrons. The Kier molecular flexibility index (Phi) is 5.77. The summed E-state index contributed by atoms with van der Waals surface area (Å²) in [5.74, 6) is 0.400. The molecular formula is C21H29NO3. The molecule has 1 aliphatic carbocycles. The molecule has 1 amide bonds. The molecule has 25 heavy (non-hydrogen) atoms. The number of fused-ring (bicyclic) bond motifs is 1. The smallest absolute Gasteiger partial charge is 0.313 e. The second-order valence-corrected chi connectivity index (χ2v) is 7.53. The zero-order valence-corrected chi connectivity index (χ0v) is 15.4. The molecule has 1 fully saturated rings. The fraction of sp³-hybridized carbons (Fsp3) is 0.619. The van der Waals surface area contributed by atoms with Gasteiger partial charge in [0.2, 0.25) is 5.91 Å². The molecule has 1 aliphatic heterocycles. The van der Waals surface area contributed by atoms with Crippen LogP contribution < -0.4 is 4.90 Å². The fourth-order valence-corrected chi connectivity index (χ4v) is 4.48. The number of carbonyl (C=O) groups is 2. The van der Waals surface area contributed by atoms with Gasteiger partial charge in [0.25, 0.3) is 0 Å². The van der Waals surface area contributed by atoms with Crippen LogP contribution in [0.25, 0.3) is 0 Å². The first kappa shape index (κ1) is 18.0. The third-order valence-corrected chi connectivity index (χ3v) is 5.83. The highest BCUT2D eigenvalue weighted by Gasteiger charge is 2.37. The quantitative estimate of drug-likeness (QED) is 0.760. The lowest BCUT2D eigenvalue weighted by molar-refractivity contribution is -0.143. The first-order valence-corrected chi connectivity index (χ1v) is 9.60. The number of nitrogens with zero attached hydrogens (tertiary/aromatic N) is 1. The molecule has 1 heterocycles. The van der Waals surface area contributed by atoms with Crippen LogP contribution in [0.2, 0.25) is 0 Å². The van der Waals surface area contributed by atoms with E-state index in [0.29, 0.717) is 18.8 Å². The van der Waals surface area contributed by atoms with Crippen LogP contribution in [0.4, 0.5) is 5.69 Å². The number of hydrogen-bond acceptors (Lipinski definition) is 3. The van der Waals surface area contributed by atoms with Gasteiger partial charge in [-0.2, -0.15) is 0 Å². The van der Waals surface area contributed by atoms with Crippen molar-refractivity contribution >= 4 is 17.6 Å². The maximum atomic E-state index is 13.0. The summed E-state index contributed by atoms with van der Waals surface area (Å²) in [4.78, 5) is 27.0. The molecule has 0 saturated heterocycles. The van der Waals surface area contributed by atoms with E-state index in [1.54, 1.807) is 0 Å². The zero-order chi connectivity index (χ0) is 17.8. The Hall–Kier alpha value is -1.84. The minimum Gasteiger partial charge on any atom is -0.469 e. The summed E-state index contributed by atoms with van der Waals surface area (Å²) in [6.07, 6.45) is 8.71. The number of amides is 1. The lowest BCUT2D eigenvalue weighted by atomic mass is 9.84. The van der Waals surface area contributed by atoms with E-state index in [1.165, 1.54) is 39.2 Å². The van der Waals surface area contributed by atoms with E-state index in [9.17, 15) is 9.59 Å². The van der Waals surface area contributed by atoms with E-state index in [-0.39, 0.29) is 23.8 Å². The first-order chi connectivity index (χ1) is 12.1. The third kappa shape index (κ3) is 3.88. The molecular weight excluding hydrogens is 314 g/mol. The summed E-state index contributed by atoms with van der Waals surface area (Å²) in [5.41, 5.74) is 1.80. The van der Waals surface area contributed by atoms with E-state index in [2.05, 4.69) is 0 Å². The van der Waals surface area contributed by atoms with Crippen LogP contribution in [0.15, 0.2) is 24.3 Å². The third-order valence-electron chi connectivity index (χ3n) is 5.83. The number of ether oxygens (including phenoxy) is 1. The van der Waals surface area contributed by atoms with Gasteiger partial charge in [-0.1, -0.05) is 50.3 Å². The van der Waals surface area contributed by atoms with E-state index >= 15 is 0 Å². The molecule has 1 aromatic carbocycles. The predicted molar refractivity (Wildman–Crippen MR) is 98.6 cm³/mol. The van der Waals surface area contributed by atoms with Crippen LogP contribution in [0, 0.1) is 5.92 Å². The van der Waals surface area contributed by atoms with Crippen molar-refractivity contribution in [1.82, 2.24) is 0 Å². The average Bonchev–Trinajstić information content (AvgIpc) is 2.65. The minimum absolute atomic E-state index is 0.0119. The van der Waals surface area contributed by atoms with Crippen LogP contribution in [0.5, 0.6) is 0 Å². The van der Waals surface area contributed by atoms with E-state index in [0.717, 1.165) is 17.7 Å². The van der Waals surface area contributed by atoms with Crippen molar-refractivity contribution < 1.29 is 14.3 Å². The molecule has 3 rings (SSSR count). The van der Waals surface area contributed by atoms with Crippen molar-refractivity contribution in [2.45, 2.75) is 70.3 Å². The summed E-state index contributed by atoms with van der Waals surface area (Å²) in [7, 11) is 1.43. The number of methoxy groups -OCH3 is 1. The summed E-state index contributed by atoms with van der Waals surface area (Å²) >= 11 is 0. The largest absolute Gasteiger partial charge is 0.469 e. The highest BCUT2D eigenvalue weighted by Crippen LogP contribution is 2.39. The average molecular weight is 343 g/mol. The number of rotatable bonds is 4. The number of esters is 1. The van der Waals surface area contributed by atoms with Crippen LogP contribution in [-0.2, 0) is 14.3 Å². The highest BCUT2D eigenvalue weighted by atomic mass is 16.5. The van der Waals surface area contributed by atoms with Gasteiger partial charge in [-0.3, -0.25) is 9.59 Å². The second kappa shape index (κ2) is 8.03. The lowest BCUT2D eigenvalue weighted by Gasteiger charge is -2.38. The van der Waals surface area contributed by atoms with Gasteiger partial charge in [-0.25, -0.2) is 0 Å². The first-order valence-electron chi connectivity index (χ1n) is 9.60. The Labute approximate surface area is 150 Å². The van der Waals surface area contributed by atoms with Gasteiger partial charge in [0, 0.05) is 18.2 Å². The predicted octanol–water partition coefficient (Wildman–Crippen LogP) is 4.43. The topological polar surface area (TPSA) is 46.6 Å². The Morgan fingerprint density at radius 1 is 1.16 bits per heavy atom. The number of carbonyl (C=O) groups excluding carboxylic acids is 2. The maximum absolute atomic E-state index is 13.0. The number of hydrogen-bond donors (Lipinski definition) is 0. The molecule has 1 saturated carbocycles. The molecule has 2 aliphatic rings. The molecule has 0 spiro atoms. The minimum atomic E-state index is -0.279. The normalized spacial score (nSPS) is 23.8. The Bertz CT molecular complexity index is 621. The molecule has 1 aromatic rings. The van der Waals surface area contributed by atoms with E-state index in [1.807, 2.05) is 36.1 Å². The summed E-state index contributed by atoms with van der Waals surface area (Å²) in [6.45, 7) is 2.03. The molecule has 136 valence electrons. The van der Waals surface area contributed by atoms with Gasteiger partial charge in [-0.05, 0) is 37.3 Å². The van der Waals surface area contributed by atoms with Crippen LogP contribution >= 0.6 is 0 Å². The standard InChI is InChI=1S/C21H29NO3/c1-15-14-18(21(24)25-2)17-10-6-7-11-19(17)22(15)20(23)13-12-16-8-4-3-5-9-16/h6-7,10-11,15-16,18H,3-5,8-9,12-14H2,1-2H3. The molecule has 4 heteroatoms. The van der Waals surface area contributed by atoms with Gasteiger partial charge in [-0.15, -0.1) is 0 Å². The van der Waals surface area contributed by atoms with Crippen molar-refractivity contribution in [3.63, 3.8) is 0 Å².